The second kappa shape index (κ2) is 24.7. The number of nitrogens with one attached hydrogen (secondary N) is 2. The molecule has 0 aromatic carbocycles. The van der Waals surface area contributed by atoms with Crippen molar-refractivity contribution in [2.45, 2.75) is 53.0 Å². The van der Waals surface area contributed by atoms with E-state index in [1.165, 1.54) is 21.3 Å². The van der Waals surface area contributed by atoms with Gasteiger partial charge in [0.15, 0.2) is 0 Å². The number of aldehydes is 1. The quantitative estimate of drug-likeness (QED) is 0.334. The third-order valence-electron chi connectivity index (χ3n) is 3.99. The van der Waals surface area contributed by atoms with Crippen molar-refractivity contribution in [2.75, 3.05) is 61.1 Å². The number of piperazine rings is 1. The Hall–Kier alpha value is -2.56. The van der Waals surface area contributed by atoms with Gasteiger partial charge in [0, 0.05) is 32.7 Å². The number of nitrogens with zero attached hydrogens (tertiary/aromatic N) is 2. The maximum absolute atomic E-state index is 11.0. The van der Waals surface area contributed by atoms with E-state index in [4.69, 9.17) is 0 Å². The number of carbonyl (C=O) groups is 4. The van der Waals surface area contributed by atoms with Crippen molar-refractivity contribution >= 4 is 24.6 Å². The minimum absolute atomic E-state index is 0.210. The SMILES string of the molecule is CC.CC.COC(=O)N1CCN(C)CC1.COC(=O)NCCCCC(C=O)NC(=O)OC. The summed E-state index contributed by atoms with van der Waals surface area (Å²) in [6.45, 7) is 11.9. The predicted molar refractivity (Wildman–Crippen MR) is 124 cm³/mol. The molecule has 190 valence electrons. The van der Waals surface area contributed by atoms with Crippen LogP contribution in [-0.4, -0.2) is 102 Å². The van der Waals surface area contributed by atoms with E-state index in [9.17, 15) is 19.2 Å². The molecule has 11 nitrogen and oxygen atoms in total. The lowest BCUT2D eigenvalue weighted by atomic mass is 10.1. The zero-order valence-electron chi connectivity index (χ0n) is 21.1. The summed E-state index contributed by atoms with van der Waals surface area (Å²) in [6.07, 6.45) is 1.23. The average Bonchev–Trinajstić information content (AvgIpc) is 2.85. The summed E-state index contributed by atoms with van der Waals surface area (Å²) in [6, 6.07) is -0.555. The summed E-state index contributed by atoms with van der Waals surface area (Å²) in [5, 5.41) is 4.90. The lowest BCUT2D eigenvalue weighted by Crippen LogP contribution is -2.47. The third kappa shape index (κ3) is 19.4. The second-order valence-corrected chi connectivity index (χ2v) is 6.05. The Balaban J connectivity index is -0.000000481. The van der Waals surface area contributed by atoms with Gasteiger partial charge in [0.1, 0.15) is 6.29 Å². The molecule has 32 heavy (non-hydrogen) atoms. The fraction of sp³-hybridized carbons (Fsp3) is 0.810. The van der Waals surface area contributed by atoms with Gasteiger partial charge in [-0.1, -0.05) is 27.7 Å². The Morgan fingerprint density at radius 2 is 1.41 bits per heavy atom. The molecule has 0 aromatic heterocycles. The highest BCUT2D eigenvalue weighted by Gasteiger charge is 2.18. The Kier molecular flexibility index (Phi) is 26.3. The van der Waals surface area contributed by atoms with Gasteiger partial charge in [0.05, 0.1) is 27.4 Å². The van der Waals surface area contributed by atoms with Gasteiger partial charge >= 0.3 is 18.3 Å². The summed E-state index contributed by atoms with van der Waals surface area (Å²) in [4.78, 5) is 47.0. The molecule has 0 bridgehead atoms. The number of unbranched alkanes of at least 4 members (excludes halogenated alkanes) is 1. The number of carbonyl (C=O) groups excluding carboxylic acids is 4. The van der Waals surface area contributed by atoms with Crippen molar-refractivity contribution in [1.82, 2.24) is 20.4 Å². The largest absolute Gasteiger partial charge is 0.453 e. The molecule has 1 atom stereocenters. The van der Waals surface area contributed by atoms with Crippen LogP contribution < -0.4 is 10.6 Å². The van der Waals surface area contributed by atoms with Crippen molar-refractivity contribution in [3.05, 3.63) is 0 Å². The molecule has 1 aliphatic heterocycles. The zero-order valence-corrected chi connectivity index (χ0v) is 21.1. The molecule has 11 heteroatoms. The smallest absolute Gasteiger partial charge is 0.409 e. The van der Waals surface area contributed by atoms with Crippen LogP contribution in [0.3, 0.4) is 0 Å². The van der Waals surface area contributed by atoms with Crippen LogP contribution in [0.4, 0.5) is 14.4 Å². The minimum atomic E-state index is -0.630. The third-order valence-corrected chi connectivity index (χ3v) is 3.99. The van der Waals surface area contributed by atoms with Crippen LogP contribution in [0, 0.1) is 0 Å². The van der Waals surface area contributed by atoms with Crippen LogP contribution in [0.15, 0.2) is 0 Å². The van der Waals surface area contributed by atoms with Crippen LogP contribution in [0.1, 0.15) is 47.0 Å². The molecule has 0 radical (unpaired) electrons. The van der Waals surface area contributed by atoms with Gasteiger partial charge in [0.2, 0.25) is 0 Å². The highest BCUT2D eigenvalue weighted by molar-refractivity contribution is 5.72. The first-order valence-electron chi connectivity index (χ1n) is 11.0. The molecule has 0 saturated carbocycles. The molecule has 1 unspecified atom stereocenters. The van der Waals surface area contributed by atoms with Crippen LogP contribution in [0.5, 0.6) is 0 Å². The monoisotopic (exact) mass is 464 g/mol. The Morgan fingerprint density at radius 1 is 0.875 bits per heavy atom. The second-order valence-electron chi connectivity index (χ2n) is 6.05. The Morgan fingerprint density at radius 3 is 1.84 bits per heavy atom. The summed E-state index contributed by atoms with van der Waals surface area (Å²) >= 11 is 0. The van der Waals surface area contributed by atoms with Crippen LogP contribution in [0.2, 0.25) is 0 Å². The lowest BCUT2D eigenvalue weighted by Gasteiger charge is -2.31. The maximum Gasteiger partial charge on any atom is 0.409 e. The van der Waals surface area contributed by atoms with Crippen LogP contribution in [0.25, 0.3) is 0 Å². The molecular weight excluding hydrogens is 420 g/mol. The van der Waals surface area contributed by atoms with Crippen molar-refractivity contribution in [1.29, 1.82) is 0 Å². The van der Waals surface area contributed by atoms with Crippen molar-refractivity contribution in [2.24, 2.45) is 0 Å². The van der Waals surface area contributed by atoms with E-state index in [0.717, 1.165) is 26.2 Å². The molecule has 1 heterocycles. The topological polar surface area (TPSA) is 127 Å². The van der Waals surface area contributed by atoms with E-state index >= 15 is 0 Å². The van der Waals surface area contributed by atoms with E-state index in [0.29, 0.717) is 32.1 Å². The number of ether oxygens (including phenoxy) is 3. The van der Waals surface area contributed by atoms with E-state index in [-0.39, 0.29) is 6.09 Å². The molecule has 2 N–H and O–H groups in total. The standard InChI is InChI=1S/C10H18N2O5.C7H14N2O2.2C2H6/c1-16-9(14)11-6-4-3-5-8(7-13)12-10(15)17-2;1-8-3-5-9(6-4-8)7(10)11-2;2*1-2/h7-8H,3-6H2,1-2H3,(H,11,14)(H,12,15);3-6H2,1-2H3;2*1-2H3. The zero-order chi connectivity index (χ0) is 25.4. The fourth-order valence-electron chi connectivity index (χ4n) is 2.25. The molecule has 0 aliphatic carbocycles. The molecule has 1 saturated heterocycles. The van der Waals surface area contributed by atoms with Gasteiger partial charge in [0.25, 0.3) is 0 Å². The van der Waals surface area contributed by atoms with Gasteiger partial charge in [-0.05, 0) is 26.3 Å². The van der Waals surface area contributed by atoms with E-state index in [1.54, 1.807) is 4.90 Å². The molecule has 1 rings (SSSR count). The average molecular weight is 465 g/mol. The van der Waals surface area contributed by atoms with Crippen molar-refractivity contribution < 1.29 is 33.4 Å². The number of hydrogen-bond acceptors (Lipinski definition) is 8. The normalized spacial score (nSPS) is 13.2. The first kappa shape index (κ1) is 34.1. The van der Waals surface area contributed by atoms with E-state index < -0.39 is 18.2 Å². The van der Waals surface area contributed by atoms with Gasteiger partial charge in [-0.25, -0.2) is 14.4 Å². The molecule has 3 amide bonds. The summed E-state index contributed by atoms with van der Waals surface area (Å²) < 4.78 is 13.4. The van der Waals surface area contributed by atoms with Gasteiger partial charge in [-0.2, -0.15) is 0 Å². The fourth-order valence-corrected chi connectivity index (χ4v) is 2.25. The molecule has 1 fully saturated rings. The van der Waals surface area contributed by atoms with E-state index in [1.807, 2.05) is 27.7 Å². The molecular formula is C21H44N4O7. The predicted octanol–water partition coefficient (Wildman–Crippen LogP) is 2.49. The lowest BCUT2D eigenvalue weighted by molar-refractivity contribution is -0.109. The van der Waals surface area contributed by atoms with Gasteiger partial charge < -0.3 is 39.4 Å². The number of alkyl carbamates (subject to hydrolysis) is 2. The van der Waals surface area contributed by atoms with Gasteiger partial charge in [-0.15, -0.1) is 0 Å². The highest BCUT2D eigenvalue weighted by Crippen LogP contribution is 2.00. The van der Waals surface area contributed by atoms with E-state index in [2.05, 4.69) is 36.8 Å². The van der Waals surface area contributed by atoms with Crippen molar-refractivity contribution in [3.63, 3.8) is 0 Å². The van der Waals surface area contributed by atoms with Gasteiger partial charge in [-0.3, -0.25) is 0 Å². The molecule has 1 aliphatic rings. The number of amides is 3. The molecule has 0 aromatic rings. The number of rotatable bonds is 7. The minimum Gasteiger partial charge on any atom is -0.453 e. The summed E-state index contributed by atoms with van der Waals surface area (Å²) in [7, 11) is 5.99. The first-order valence-corrected chi connectivity index (χ1v) is 11.0. The number of methoxy groups -OCH3 is 3. The number of likely N-dealkylation sites (N-methyl/N-ethyl adjacent to an activating group) is 1. The van der Waals surface area contributed by atoms with Crippen molar-refractivity contribution in [3.8, 4) is 0 Å². The molecule has 0 spiro atoms. The van der Waals surface area contributed by atoms with Crippen LogP contribution in [-0.2, 0) is 19.0 Å². The Labute approximate surface area is 193 Å². The summed E-state index contributed by atoms with van der Waals surface area (Å²) in [5.74, 6) is 0. The van der Waals surface area contributed by atoms with Crippen LogP contribution >= 0.6 is 0 Å². The first-order chi connectivity index (χ1) is 15.4. The number of hydrogen-bond donors (Lipinski definition) is 2. The highest BCUT2D eigenvalue weighted by atomic mass is 16.5. The Bertz CT molecular complexity index is 485. The summed E-state index contributed by atoms with van der Waals surface area (Å²) in [5.41, 5.74) is 0. The maximum atomic E-state index is 11.0.